The Morgan fingerprint density at radius 3 is 2.89 bits per heavy atom. The molecule has 1 aliphatic rings. The van der Waals surface area contributed by atoms with E-state index in [-0.39, 0.29) is 23.3 Å². The number of nitrogens with one attached hydrogen (secondary N) is 1. The van der Waals surface area contributed by atoms with Crippen molar-refractivity contribution in [3.63, 3.8) is 0 Å². The Balaban J connectivity index is 1.98. The lowest BCUT2D eigenvalue weighted by Crippen LogP contribution is -2.51. The molecule has 0 spiro atoms. The molecule has 0 bridgehead atoms. The summed E-state index contributed by atoms with van der Waals surface area (Å²) < 4.78 is 5.23. The third kappa shape index (κ3) is 2.84. The molecule has 1 aromatic heterocycles. The molecular formula is C15H24N2O2. The number of furan rings is 1. The molecule has 1 amide bonds. The molecule has 0 aromatic carbocycles. The summed E-state index contributed by atoms with van der Waals surface area (Å²) in [5.41, 5.74) is 6.06. The van der Waals surface area contributed by atoms with Crippen molar-refractivity contribution in [3.05, 3.63) is 24.2 Å². The molecule has 3 N–H and O–H groups in total. The van der Waals surface area contributed by atoms with E-state index >= 15 is 0 Å². The first-order valence-electron chi connectivity index (χ1n) is 6.98. The lowest BCUT2D eigenvalue weighted by atomic mass is 9.61. The number of hydrogen-bond donors (Lipinski definition) is 2. The first-order valence-corrected chi connectivity index (χ1v) is 6.98. The van der Waals surface area contributed by atoms with Crippen LogP contribution >= 0.6 is 0 Å². The molecule has 19 heavy (non-hydrogen) atoms. The van der Waals surface area contributed by atoms with Gasteiger partial charge in [0.1, 0.15) is 5.76 Å². The Bertz CT molecular complexity index is 425. The maximum atomic E-state index is 12.4. The van der Waals surface area contributed by atoms with E-state index in [1.165, 1.54) is 0 Å². The Hall–Kier alpha value is -1.29. The Morgan fingerprint density at radius 2 is 2.26 bits per heavy atom. The van der Waals surface area contributed by atoms with Crippen LogP contribution in [0, 0.1) is 17.3 Å². The summed E-state index contributed by atoms with van der Waals surface area (Å²) in [5, 5.41) is 2.97. The summed E-state index contributed by atoms with van der Waals surface area (Å²) in [6.07, 6.45) is 3.40. The smallest absolute Gasteiger partial charge is 0.224 e. The number of hydrogen-bond acceptors (Lipinski definition) is 3. The van der Waals surface area contributed by atoms with Crippen LogP contribution in [0.3, 0.4) is 0 Å². The third-order valence-corrected chi connectivity index (χ3v) is 4.84. The van der Waals surface area contributed by atoms with Gasteiger partial charge in [0.15, 0.2) is 0 Å². The van der Waals surface area contributed by atoms with Gasteiger partial charge in [-0.15, -0.1) is 0 Å². The molecule has 3 atom stereocenters. The van der Waals surface area contributed by atoms with Gasteiger partial charge in [-0.2, -0.15) is 0 Å². The van der Waals surface area contributed by atoms with E-state index in [1.54, 1.807) is 6.26 Å². The molecule has 4 heteroatoms. The highest BCUT2D eigenvalue weighted by Crippen LogP contribution is 2.44. The topological polar surface area (TPSA) is 68.3 Å². The van der Waals surface area contributed by atoms with Gasteiger partial charge in [0.2, 0.25) is 5.91 Å². The highest BCUT2D eigenvalue weighted by Gasteiger charge is 2.44. The fraction of sp³-hybridized carbons (Fsp3) is 0.667. The maximum absolute atomic E-state index is 12.4. The predicted octanol–water partition coefficient (Wildman–Crippen LogP) is 2.30. The molecule has 1 heterocycles. The molecule has 1 aliphatic carbocycles. The summed E-state index contributed by atoms with van der Waals surface area (Å²) >= 11 is 0. The maximum Gasteiger partial charge on any atom is 0.224 e. The van der Waals surface area contributed by atoms with Crippen molar-refractivity contribution in [1.29, 1.82) is 0 Å². The van der Waals surface area contributed by atoms with E-state index in [4.69, 9.17) is 10.2 Å². The monoisotopic (exact) mass is 264 g/mol. The van der Waals surface area contributed by atoms with E-state index in [0.717, 1.165) is 18.6 Å². The zero-order valence-electron chi connectivity index (χ0n) is 12.0. The van der Waals surface area contributed by atoms with E-state index in [0.29, 0.717) is 12.5 Å². The fourth-order valence-electron chi connectivity index (χ4n) is 3.03. The average Bonchev–Trinajstić information content (AvgIpc) is 2.86. The van der Waals surface area contributed by atoms with E-state index in [9.17, 15) is 4.79 Å². The SMILES string of the molecule is CC1C(N)CCC(C(=O)NCc2ccco2)C1(C)C. The lowest BCUT2D eigenvalue weighted by Gasteiger charge is -2.46. The molecular weight excluding hydrogens is 240 g/mol. The Morgan fingerprint density at radius 1 is 1.53 bits per heavy atom. The molecule has 1 fully saturated rings. The van der Waals surface area contributed by atoms with Crippen LogP contribution in [-0.2, 0) is 11.3 Å². The Labute approximate surface area is 114 Å². The summed E-state index contributed by atoms with van der Waals surface area (Å²) in [6, 6.07) is 3.89. The summed E-state index contributed by atoms with van der Waals surface area (Å²) in [4.78, 5) is 12.4. The molecule has 1 aromatic rings. The van der Waals surface area contributed by atoms with Gasteiger partial charge in [0, 0.05) is 12.0 Å². The lowest BCUT2D eigenvalue weighted by molar-refractivity contribution is -0.132. The highest BCUT2D eigenvalue weighted by molar-refractivity contribution is 5.79. The van der Waals surface area contributed by atoms with Crippen molar-refractivity contribution in [1.82, 2.24) is 5.32 Å². The van der Waals surface area contributed by atoms with Crippen molar-refractivity contribution in [3.8, 4) is 0 Å². The van der Waals surface area contributed by atoms with E-state index in [2.05, 4.69) is 26.1 Å². The second-order valence-electron chi connectivity index (χ2n) is 6.20. The number of carbonyl (C=O) groups excluding carboxylic acids is 1. The van der Waals surface area contributed by atoms with Crippen LogP contribution in [0.25, 0.3) is 0 Å². The first kappa shape index (κ1) is 14.1. The minimum Gasteiger partial charge on any atom is -0.467 e. The fourth-order valence-corrected chi connectivity index (χ4v) is 3.03. The number of rotatable bonds is 3. The standard InChI is InChI=1S/C15H24N2O2/c1-10-13(16)7-6-12(15(10,2)3)14(18)17-9-11-5-4-8-19-11/h4-5,8,10,12-13H,6-7,9,16H2,1-3H3,(H,17,18). The quantitative estimate of drug-likeness (QED) is 0.880. The molecule has 4 nitrogen and oxygen atoms in total. The van der Waals surface area contributed by atoms with E-state index < -0.39 is 0 Å². The molecule has 1 saturated carbocycles. The first-order chi connectivity index (χ1) is 8.93. The Kier molecular flexibility index (Phi) is 3.99. The zero-order chi connectivity index (χ0) is 14.0. The average molecular weight is 264 g/mol. The molecule has 3 unspecified atom stereocenters. The molecule has 106 valence electrons. The third-order valence-electron chi connectivity index (χ3n) is 4.84. The van der Waals surface area contributed by atoms with Crippen LogP contribution in [0.2, 0.25) is 0 Å². The van der Waals surface area contributed by atoms with Crippen LogP contribution in [0.1, 0.15) is 39.4 Å². The van der Waals surface area contributed by atoms with Crippen molar-refractivity contribution >= 4 is 5.91 Å². The molecule has 2 rings (SSSR count). The van der Waals surface area contributed by atoms with E-state index in [1.807, 2.05) is 12.1 Å². The van der Waals surface area contributed by atoms with Crippen molar-refractivity contribution in [2.45, 2.75) is 46.2 Å². The zero-order valence-corrected chi connectivity index (χ0v) is 12.0. The van der Waals surface area contributed by atoms with Gasteiger partial charge >= 0.3 is 0 Å². The van der Waals surface area contributed by atoms with Gasteiger partial charge in [-0.3, -0.25) is 4.79 Å². The number of carbonyl (C=O) groups is 1. The van der Waals surface area contributed by atoms with Crippen molar-refractivity contribution in [2.24, 2.45) is 23.0 Å². The second-order valence-corrected chi connectivity index (χ2v) is 6.20. The molecule has 0 saturated heterocycles. The predicted molar refractivity (Wildman–Crippen MR) is 74.2 cm³/mol. The van der Waals surface area contributed by atoms with Gasteiger partial charge in [-0.1, -0.05) is 20.8 Å². The number of amides is 1. The normalized spacial score (nSPS) is 30.0. The molecule has 0 aliphatic heterocycles. The van der Waals surface area contributed by atoms with Gasteiger partial charge in [0.05, 0.1) is 12.8 Å². The summed E-state index contributed by atoms with van der Waals surface area (Å²) in [5.74, 6) is 1.27. The van der Waals surface area contributed by atoms with Crippen LogP contribution in [-0.4, -0.2) is 11.9 Å². The summed E-state index contributed by atoms with van der Waals surface area (Å²) in [6.45, 7) is 6.90. The number of nitrogens with two attached hydrogens (primary N) is 1. The van der Waals surface area contributed by atoms with Crippen molar-refractivity contribution in [2.75, 3.05) is 0 Å². The van der Waals surface area contributed by atoms with Gasteiger partial charge in [0.25, 0.3) is 0 Å². The summed E-state index contributed by atoms with van der Waals surface area (Å²) in [7, 11) is 0. The van der Waals surface area contributed by atoms with Crippen LogP contribution in [0.5, 0.6) is 0 Å². The van der Waals surface area contributed by atoms with Crippen LogP contribution in [0.4, 0.5) is 0 Å². The molecule has 0 radical (unpaired) electrons. The largest absolute Gasteiger partial charge is 0.467 e. The second kappa shape index (κ2) is 5.37. The van der Waals surface area contributed by atoms with Crippen LogP contribution in [0.15, 0.2) is 22.8 Å². The van der Waals surface area contributed by atoms with Gasteiger partial charge < -0.3 is 15.5 Å². The van der Waals surface area contributed by atoms with Gasteiger partial charge in [-0.25, -0.2) is 0 Å². The van der Waals surface area contributed by atoms with Crippen LogP contribution < -0.4 is 11.1 Å². The van der Waals surface area contributed by atoms with Crippen molar-refractivity contribution < 1.29 is 9.21 Å². The minimum absolute atomic E-state index is 0.0252. The van der Waals surface area contributed by atoms with Gasteiger partial charge in [-0.05, 0) is 36.3 Å². The minimum atomic E-state index is -0.0646. The highest BCUT2D eigenvalue weighted by atomic mass is 16.3.